The summed E-state index contributed by atoms with van der Waals surface area (Å²) >= 11 is 0. The Morgan fingerprint density at radius 3 is 2.69 bits per heavy atom. The molecule has 4 heteroatoms. The fourth-order valence-electron chi connectivity index (χ4n) is 0.940. The molecule has 0 saturated carbocycles. The highest BCUT2D eigenvalue weighted by Gasteiger charge is 1.97. The molecule has 80 valence electrons. The van der Waals surface area contributed by atoms with Gasteiger partial charge in [0.2, 0.25) is 0 Å². The van der Waals surface area contributed by atoms with Gasteiger partial charge in [-0.25, -0.2) is 0 Å². The first-order chi connectivity index (χ1) is 6.16. The second-order valence-corrected chi connectivity index (χ2v) is 3.35. The van der Waals surface area contributed by atoms with E-state index in [4.69, 9.17) is 9.84 Å². The van der Waals surface area contributed by atoms with Crippen LogP contribution in [-0.4, -0.2) is 63.1 Å². The minimum absolute atomic E-state index is 0.260. The standard InChI is InChI=1S/C9H22N2O2/c1-9(12)8-10-4-5-11(2)6-7-13-3/h9-10,12H,4-8H2,1-3H3/t9-/m0/s1. The average Bonchev–Trinajstić information content (AvgIpc) is 2.08. The third-order valence-corrected chi connectivity index (χ3v) is 1.79. The van der Waals surface area contributed by atoms with Crippen molar-refractivity contribution in [3.05, 3.63) is 0 Å². The van der Waals surface area contributed by atoms with Gasteiger partial charge < -0.3 is 20.1 Å². The van der Waals surface area contributed by atoms with Crippen LogP contribution in [0.4, 0.5) is 0 Å². The Morgan fingerprint density at radius 1 is 1.46 bits per heavy atom. The molecular formula is C9H22N2O2. The summed E-state index contributed by atoms with van der Waals surface area (Å²) in [5.41, 5.74) is 0. The van der Waals surface area contributed by atoms with Crippen molar-refractivity contribution in [1.29, 1.82) is 0 Å². The number of methoxy groups -OCH3 is 1. The molecule has 0 rings (SSSR count). The Labute approximate surface area is 80.9 Å². The van der Waals surface area contributed by atoms with Crippen molar-refractivity contribution >= 4 is 0 Å². The number of likely N-dealkylation sites (N-methyl/N-ethyl adjacent to an activating group) is 1. The van der Waals surface area contributed by atoms with Gasteiger partial charge >= 0.3 is 0 Å². The number of nitrogens with one attached hydrogen (secondary N) is 1. The van der Waals surface area contributed by atoms with Gasteiger partial charge in [0.05, 0.1) is 12.7 Å². The van der Waals surface area contributed by atoms with E-state index in [0.717, 1.165) is 26.2 Å². The smallest absolute Gasteiger partial charge is 0.0636 e. The number of aliphatic hydroxyl groups excluding tert-OH is 1. The van der Waals surface area contributed by atoms with E-state index in [1.165, 1.54) is 0 Å². The zero-order valence-corrected chi connectivity index (χ0v) is 8.92. The molecule has 0 aliphatic carbocycles. The van der Waals surface area contributed by atoms with Crippen LogP contribution in [0.2, 0.25) is 0 Å². The lowest BCUT2D eigenvalue weighted by Crippen LogP contribution is -2.34. The van der Waals surface area contributed by atoms with E-state index in [1.54, 1.807) is 14.0 Å². The van der Waals surface area contributed by atoms with Gasteiger partial charge in [-0.05, 0) is 14.0 Å². The molecule has 0 fully saturated rings. The monoisotopic (exact) mass is 190 g/mol. The third-order valence-electron chi connectivity index (χ3n) is 1.79. The molecule has 0 aliphatic heterocycles. The van der Waals surface area contributed by atoms with E-state index in [9.17, 15) is 0 Å². The van der Waals surface area contributed by atoms with Gasteiger partial charge in [0, 0.05) is 33.3 Å². The minimum Gasteiger partial charge on any atom is -0.392 e. The van der Waals surface area contributed by atoms with Crippen LogP contribution in [0.15, 0.2) is 0 Å². The largest absolute Gasteiger partial charge is 0.392 e. The Kier molecular flexibility index (Phi) is 8.33. The van der Waals surface area contributed by atoms with Gasteiger partial charge in [-0.2, -0.15) is 0 Å². The quantitative estimate of drug-likeness (QED) is 0.508. The molecule has 0 aromatic rings. The summed E-state index contributed by atoms with van der Waals surface area (Å²) in [6, 6.07) is 0. The predicted octanol–water partition coefficient (Wildman–Crippen LogP) is -0.465. The Balaban J connectivity index is 3.12. The van der Waals surface area contributed by atoms with Crippen molar-refractivity contribution in [2.75, 3.05) is 46.9 Å². The average molecular weight is 190 g/mol. The molecule has 0 saturated heterocycles. The molecule has 0 amide bonds. The molecule has 0 aromatic heterocycles. The summed E-state index contributed by atoms with van der Waals surface area (Å²) in [4.78, 5) is 2.19. The van der Waals surface area contributed by atoms with Gasteiger partial charge in [0.1, 0.15) is 0 Å². The molecule has 13 heavy (non-hydrogen) atoms. The molecule has 0 bridgehead atoms. The van der Waals surface area contributed by atoms with Crippen LogP contribution in [0.3, 0.4) is 0 Å². The zero-order chi connectivity index (χ0) is 10.1. The second kappa shape index (κ2) is 8.44. The van der Waals surface area contributed by atoms with Gasteiger partial charge in [0.15, 0.2) is 0 Å². The topological polar surface area (TPSA) is 44.7 Å². The Morgan fingerprint density at radius 2 is 2.15 bits per heavy atom. The van der Waals surface area contributed by atoms with E-state index >= 15 is 0 Å². The van der Waals surface area contributed by atoms with Crippen LogP contribution >= 0.6 is 0 Å². The highest BCUT2D eigenvalue weighted by Crippen LogP contribution is 1.81. The number of hydrogen-bond donors (Lipinski definition) is 2. The maximum atomic E-state index is 8.96. The van der Waals surface area contributed by atoms with E-state index < -0.39 is 0 Å². The maximum absolute atomic E-state index is 8.96. The first-order valence-corrected chi connectivity index (χ1v) is 4.73. The predicted molar refractivity (Wildman–Crippen MR) is 53.9 cm³/mol. The Hall–Kier alpha value is -0.160. The van der Waals surface area contributed by atoms with Crippen LogP contribution in [0.25, 0.3) is 0 Å². The SMILES string of the molecule is COCCN(C)CCNC[C@H](C)O. The van der Waals surface area contributed by atoms with Crippen molar-refractivity contribution in [3.8, 4) is 0 Å². The highest BCUT2D eigenvalue weighted by molar-refractivity contribution is 4.56. The van der Waals surface area contributed by atoms with E-state index in [-0.39, 0.29) is 6.10 Å². The second-order valence-electron chi connectivity index (χ2n) is 3.35. The molecule has 0 heterocycles. The summed E-state index contributed by atoms with van der Waals surface area (Å²) in [7, 11) is 3.77. The van der Waals surface area contributed by atoms with Crippen molar-refractivity contribution < 1.29 is 9.84 Å². The molecule has 1 atom stereocenters. The van der Waals surface area contributed by atoms with Crippen molar-refractivity contribution in [3.63, 3.8) is 0 Å². The molecule has 0 radical (unpaired) electrons. The van der Waals surface area contributed by atoms with E-state index in [0.29, 0.717) is 6.54 Å². The number of hydrogen-bond acceptors (Lipinski definition) is 4. The summed E-state index contributed by atoms with van der Waals surface area (Å²) in [5, 5.41) is 12.1. The van der Waals surface area contributed by atoms with Crippen LogP contribution in [0, 0.1) is 0 Å². The van der Waals surface area contributed by atoms with Crippen molar-refractivity contribution in [2.24, 2.45) is 0 Å². The molecule has 0 unspecified atom stereocenters. The summed E-state index contributed by atoms with van der Waals surface area (Å²) in [6.07, 6.45) is -0.260. The van der Waals surface area contributed by atoms with Crippen LogP contribution in [0.5, 0.6) is 0 Å². The fraction of sp³-hybridized carbons (Fsp3) is 1.00. The first-order valence-electron chi connectivity index (χ1n) is 4.73. The minimum atomic E-state index is -0.260. The number of ether oxygens (including phenoxy) is 1. The lowest BCUT2D eigenvalue weighted by atomic mass is 10.4. The lowest BCUT2D eigenvalue weighted by Gasteiger charge is -2.16. The Bertz CT molecular complexity index is 110. The van der Waals surface area contributed by atoms with Crippen molar-refractivity contribution in [2.45, 2.75) is 13.0 Å². The molecule has 2 N–H and O–H groups in total. The molecule has 0 aromatic carbocycles. The highest BCUT2D eigenvalue weighted by atomic mass is 16.5. The van der Waals surface area contributed by atoms with Crippen LogP contribution in [-0.2, 0) is 4.74 Å². The lowest BCUT2D eigenvalue weighted by molar-refractivity contribution is 0.158. The molecule has 4 nitrogen and oxygen atoms in total. The number of nitrogens with zero attached hydrogens (tertiary/aromatic N) is 1. The van der Waals surface area contributed by atoms with E-state index in [2.05, 4.69) is 17.3 Å². The van der Waals surface area contributed by atoms with Gasteiger partial charge in [-0.3, -0.25) is 0 Å². The van der Waals surface area contributed by atoms with Crippen LogP contribution in [0.1, 0.15) is 6.92 Å². The molecule has 0 aliphatic rings. The first kappa shape index (κ1) is 12.8. The summed E-state index contributed by atoms with van der Waals surface area (Å²) in [6.45, 7) is 6.06. The summed E-state index contributed by atoms with van der Waals surface area (Å²) < 4.78 is 4.95. The normalized spacial score (nSPS) is 13.6. The van der Waals surface area contributed by atoms with Crippen LogP contribution < -0.4 is 5.32 Å². The van der Waals surface area contributed by atoms with Crippen molar-refractivity contribution in [1.82, 2.24) is 10.2 Å². The number of rotatable bonds is 8. The fourth-order valence-corrected chi connectivity index (χ4v) is 0.940. The van der Waals surface area contributed by atoms with Gasteiger partial charge in [-0.1, -0.05) is 0 Å². The summed E-state index contributed by atoms with van der Waals surface area (Å²) in [5.74, 6) is 0. The van der Waals surface area contributed by atoms with E-state index in [1.807, 2.05) is 0 Å². The zero-order valence-electron chi connectivity index (χ0n) is 8.92. The number of aliphatic hydroxyl groups is 1. The van der Waals surface area contributed by atoms with Gasteiger partial charge in [-0.15, -0.1) is 0 Å². The maximum Gasteiger partial charge on any atom is 0.0636 e. The third kappa shape index (κ3) is 9.76. The molecule has 0 spiro atoms. The van der Waals surface area contributed by atoms with Gasteiger partial charge in [0.25, 0.3) is 0 Å². The molecular weight excluding hydrogens is 168 g/mol.